The number of rotatable bonds is 5. The van der Waals surface area contributed by atoms with Crippen molar-refractivity contribution in [1.82, 2.24) is 4.31 Å². The van der Waals surface area contributed by atoms with Crippen molar-refractivity contribution in [2.45, 2.75) is 11.4 Å². The summed E-state index contributed by atoms with van der Waals surface area (Å²) in [7, 11) is -3.87. The van der Waals surface area contributed by atoms with Crippen molar-refractivity contribution in [3.05, 3.63) is 58.5 Å². The van der Waals surface area contributed by atoms with Gasteiger partial charge >= 0.3 is 0 Å². The summed E-state index contributed by atoms with van der Waals surface area (Å²) in [6.07, 6.45) is 1.62. The second-order valence-corrected chi connectivity index (χ2v) is 7.54. The molecule has 3 rings (SSSR count). The molecule has 0 atom stereocenters. The van der Waals surface area contributed by atoms with Crippen molar-refractivity contribution in [1.29, 1.82) is 0 Å². The van der Waals surface area contributed by atoms with Crippen LogP contribution in [0.1, 0.15) is 5.76 Å². The predicted molar refractivity (Wildman–Crippen MR) is 85.0 cm³/mol. The van der Waals surface area contributed by atoms with Gasteiger partial charge in [-0.3, -0.25) is 10.1 Å². The summed E-state index contributed by atoms with van der Waals surface area (Å²) in [6.45, 7) is 2.60. The molecule has 1 aromatic heterocycles. The summed E-state index contributed by atoms with van der Waals surface area (Å²) < 4.78 is 32.1. The third-order valence-corrected chi connectivity index (χ3v) is 6.06. The molecule has 2 heterocycles. The highest BCUT2D eigenvalue weighted by molar-refractivity contribution is 7.89. The standard InChI is InChI=1S/C15H17N3O5S/c19-18(20)14-5-1-2-6-15(14)24(21,22)17-9-7-16(8-10-17)12-13-4-3-11-23-13/h1-6,11H,7-10,12H2/p+1. The lowest BCUT2D eigenvalue weighted by atomic mass is 10.3. The van der Waals surface area contributed by atoms with E-state index in [2.05, 4.69) is 0 Å². The number of hydrogen-bond donors (Lipinski definition) is 1. The van der Waals surface area contributed by atoms with Crippen LogP contribution in [-0.4, -0.2) is 43.8 Å². The molecule has 0 unspecified atom stereocenters. The average molecular weight is 352 g/mol. The molecular formula is C15H18N3O5S+. The minimum absolute atomic E-state index is 0.246. The van der Waals surface area contributed by atoms with Gasteiger partial charge in [-0.15, -0.1) is 0 Å². The quantitative estimate of drug-likeness (QED) is 0.616. The number of benzene rings is 1. The van der Waals surface area contributed by atoms with Gasteiger partial charge < -0.3 is 9.32 Å². The zero-order valence-electron chi connectivity index (χ0n) is 12.9. The fourth-order valence-corrected chi connectivity index (χ4v) is 4.44. The highest BCUT2D eigenvalue weighted by atomic mass is 32.2. The number of sulfonamides is 1. The third kappa shape index (κ3) is 3.32. The average Bonchev–Trinajstić information content (AvgIpc) is 3.08. The predicted octanol–water partition coefficient (Wildman–Crippen LogP) is 0.277. The zero-order chi connectivity index (χ0) is 17.2. The third-order valence-electron chi connectivity index (χ3n) is 4.11. The monoisotopic (exact) mass is 352 g/mol. The molecule has 0 bridgehead atoms. The van der Waals surface area contributed by atoms with E-state index in [0.29, 0.717) is 32.7 Å². The van der Waals surface area contributed by atoms with Crippen molar-refractivity contribution in [3.63, 3.8) is 0 Å². The molecule has 1 fully saturated rings. The summed E-state index contributed by atoms with van der Waals surface area (Å²) in [5.74, 6) is 0.861. The molecule has 1 saturated heterocycles. The number of para-hydroxylation sites is 1. The van der Waals surface area contributed by atoms with Gasteiger partial charge in [-0.1, -0.05) is 12.1 Å². The normalized spacial score (nSPS) is 17.0. The van der Waals surface area contributed by atoms with E-state index in [9.17, 15) is 18.5 Å². The van der Waals surface area contributed by atoms with E-state index in [1.807, 2.05) is 12.1 Å². The van der Waals surface area contributed by atoms with Crippen LogP contribution >= 0.6 is 0 Å². The van der Waals surface area contributed by atoms with Crippen LogP contribution < -0.4 is 4.90 Å². The van der Waals surface area contributed by atoms with Gasteiger partial charge in [0.2, 0.25) is 10.0 Å². The van der Waals surface area contributed by atoms with Crippen molar-refractivity contribution in [2.24, 2.45) is 0 Å². The maximum atomic E-state index is 12.7. The molecular weight excluding hydrogens is 334 g/mol. The number of nitrogens with one attached hydrogen (secondary N) is 1. The maximum absolute atomic E-state index is 12.7. The minimum Gasteiger partial charge on any atom is -0.463 e. The topological polar surface area (TPSA) is 98.1 Å². The summed E-state index contributed by atoms with van der Waals surface area (Å²) in [6, 6.07) is 9.18. The molecule has 1 aromatic carbocycles. The molecule has 0 aliphatic carbocycles. The van der Waals surface area contributed by atoms with Crippen LogP contribution in [0.5, 0.6) is 0 Å². The van der Waals surface area contributed by atoms with Gasteiger partial charge in [0, 0.05) is 6.07 Å². The number of piperazine rings is 1. The Balaban J connectivity index is 1.72. The molecule has 2 aromatic rings. The fourth-order valence-electron chi connectivity index (χ4n) is 2.84. The zero-order valence-corrected chi connectivity index (χ0v) is 13.7. The van der Waals surface area contributed by atoms with Crippen LogP contribution in [0.15, 0.2) is 52.0 Å². The Labute approximate surface area is 139 Å². The second-order valence-electron chi connectivity index (χ2n) is 5.64. The van der Waals surface area contributed by atoms with Crippen molar-refractivity contribution < 1.29 is 22.7 Å². The molecule has 0 saturated carbocycles. The molecule has 0 radical (unpaired) electrons. The van der Waals surface area contributed by atoms with Gasteiger partial charge in [0.05, 0.1) is 37.4 Å². The number of nitro groups is 1. The van der Waals surface area contributed by atoms with Gasteiger partial charge in [-0.2, -0.15) is 4.31 Å². The number of nitro benzene ring substituents is 1. The molecule has 1 aliphatic heterocycles. The van der Waals surface area contributed by atoms with Gasteiger partial charge in [0.25, 0.3) is 5.69 Å². The molecule has 1 aliphatic rings. The van der Waals surface area contributed by atoms with Crippen LogP contribution in [0.4, 0.5) is 5.69 Å². The lowest BCUT2D eigenvalue weighted by Crippen LogP contribution is -3.13. The first-order valence-corrected chi connectivity index (χ1v) is 9.02. The molecule has 128 valence electrons. The Bertz CT molecular complexity index is 811. The van der Waals surface area contributed by atoms with E-state index in [4.69, 9.17) is 4.42 Å². The van der Waals surface area contributed by atoms with Gasteiger partial charge in [-0.25, -0.2) is 8.42 Å². The van der Waals surface area contributed by atoms with E-state index in [0.717, 1.165) is 5.76 Å². The number of hydrogen-bond acceptors (Lipinski definition) is 5. The summed E-state index contributed by atoms with van der Waals surface area (Å²) >= 11 is 0. The smallest absolute Gasteiger partial charge is 0.289 e. The molecule has 9 heteroatoms. The van der Waals surface area contributed by atoms with E-state index in [1.165, 1.54) is 33.5 Å². The van der Waals surface area contributed by atoms with E-state index in [1.54, 1.807) is 6.26 Å². The van der Waals surface area contributed by atoms with Gasteiger partial charge in [0.15, 0.2) is 10.7 Å². The lowest BCUT2D eigenvalue weighted by Gasteiger charge is -2.30. The molecule has 1 N–H and O–H groups in total. The largest absolute Gasteiger partial charge is 0.463 e. The van der Waals surface area contributed by atoms with E-state index >= 15 is 0 Å². The van der Waals surface area contributed by atoms with E-state index < -0.39 is 14.9 Å². The van der Waals surface area contributed by atoms with Crippen LogP contribution in [0.2, 0.25) is 0 Å². The number of quaternary nitrogens is 1. The Morgan fingerprint density at radius 2 is 1.88 bits per heavy atom. The Hall–Kier alpha value is -2.23. The first-order chi connectivity index (χ1) is 11.5. The van der Waals surface area contributed by atoms with Gasteiger partial charge in [0.1, 0.15) is 6.54 Å². The Kier molecular flexibility index (Phi) is 4.65. The van der Waals surface area contributed by atoms with Crippen LogP contribution in [0.25, 0.3) is 0 Å². The summed E-state index contributed by atoms with van der Waals surface area (Å²) in [5.41, 5.74) is -0.386. The van der Waals surface area contributed by atoms with Crippen molar-refractivity contribution >= 4 is 15.7 Å². The van der Waals surface area contributed by atoms with Gasteiger partial charge in [-0.05, 0) is 18.2 Å². The highest BCUT2D eigenvalue weighted by Crippen LogP contribution is 2.26. The van der Waals surface area contributed by atoms with Crippen LogP contribution in [0, 0.1) is 10.1 Å². The van der Waals surface area contributed by atoms with Crippen LogP contribution in [-0.2, 0) is 16.6 Å². The molecule has 0 spiro atoms. The molecule has 0 amide bonds. The van der Waals surface area contributed by atoms with E-state index in [-0.39, 0.29) is 10.6 Å². The maximum Gasteiger partial charge on any atom is 0.289 e. The number of nitrogens with zero attached hydrogens (tertiary/aromatic N) is 2. The van der Waals surface area contributed by atoms with Crippen LogP contribution in [0.3, 0.4) is 0 Å². The first kappa shape index (κ1) is 16.6. The first-order valence-electron chi connectivity index (χ1n) is 7.58. The second kappa shape index (κ2) is 6.71. The minimum atomic E-state index is -3.87. The number of furan rings is 1. The Morgan fingerprint density at radius 3 is 2.50 bits per heavy atom. The lowest BCUT2D eigenvalue weighted by molar-refractivity contribution is -0.918. The fraction of sp³-hybridized carbons (Fsp3) is 0.333. The summed E-state index contributed by atoms with van der Waals surface area (Å²) in [4.78, 5) is 11.4. The Morgan fingerprint density at radius 1 is 1.17 bits per heavy atom. The highest BCUT2D eigenvalue weighted by Gasteiger charge is 2.34. The molecule has 24 heavy (non-hydrogen) atoms. The molecule has 8 nitrogen and oxygen atoms in total. The van der Waals surface area contributed by atoms with Crippen molar-refractivity contribution in [3.8, 4) is 0 Å². The SMILES string of the molecule is O=[N+]([O-])c1ccccc1S(=O)(=O)N1CC[NH+](Cc2ccco2)CC1. The summed E-state index contributed by atoms with van der Waals surface area (Å²) in [5, 5.41) is 11.1. The van der Waals surface area contributed by atoms with Crippen molar-refractivity contribution in [2.75, 3.05) is 26.2 Å².